The van der Waals surface area contributed by atoms with E-state index in [2.05, 4.69) is 25.2 Å². The van der Waals surface area contributed by atoms with Crippen LogP contribution in [0.3, 0.4) is 0 Å². The van der Waals surface area contributed by atoms with Gasteiger partial charge in [-0.2, -0.15) is 0 Å². The smallest absolute Gasteiger partial charge is 0.281 e. The van der Waals surface area contributed by atoms with E-state index in [1.807, 2.05) is 12.1 Å². The zero-order valence-corrected chi connectivity index (χ0v) is 14.7. The molecular weight excluding hydrogens is 335 g/mol. The highest BCUT2D eigenvalue weighted by Crippen LogP contribution is 2.21. The number of piperidine rings is 1. The third-order valence-corrected chi connectivity index (χ3v) is 4.88. The summed E-state index contributed by atoms with van der Waals surface area (Å²) in [4.78, 5) is 21.2. The first-order chi connectivity index (χ1) is 12.6. The van der Waals surface area contributed by atoms with E-state index >= 15 is 0 Å². The van der Waals surface area contributed by atoms with Gasteiger partial charge in [0.1, 0.15) is 11.6 Å². The molecule has 1 atom stereocenters. The zero-order chi connectivity index (χ0) is 18.1. The average molecular weight is 356 g/mol. The molecule has 26 heavy (non-hydrogen) atoms. The van der Waals surface area contributed by atoms with Crippen molar-refractivity contribution in [1.29, 1.82) is 0 Å². The minimum Gasteiger partial charge on any atom is -0.309 e. The molecule has 3 aromatic rings. The average Bonchev–Trinajstić information content (AvgIpc) is 3.00. The van der Waals surface area contributed by atoms with Crippen molar-refractivity contribution in [3.05, 3.63) is 51.8 Å². The van der Waals surface area contributed by atoms with Crippen molar-refractivity contribution >= 4 is 11.2 Å². The molecular formula is C18H21FN6O. The predicted octanol–water partition coefficient (Wildman–Crippen LogP) is 1.87. The van der Waals surface area contributed by atoms with Gasteiger partial charge >= 0.3 is 0 Å². The van der Waals surface area contributed by atoms with Crippen LogP contribution >= 0.6 is 0 Å². The molecule has 0 spiro atoms. The molecule has 0 saturated carbocycles. The van der Waals surface area contributed by atoms with Gasteiger partial charge in [0.2, 0.25) is 0 Å². The van der Waals surface area contributed by atoms with Gasteiger partial charge in [-0.25, -0.2) is 14.1 Å². The van der Waals surface area contributed by atoms with Crippen molar-refractivity contribution in [3.63, 3.8) is 0 Å². The van der Waals surface area contributed by atoms with Crippen molar-refractivity contribution in [2.75, 3.05) is 13.1 Å². The van der Waals surface area contributed by atoms with E-state index in [1.54, 1.807) is 17.7 Å². The molecule has 0 aliphatic carbocycles. The fraction of sp³-hybridized carbons (Fsp3) is 0.444. The molecule has 0 amide bonds. The summed E-state index contributed by atoms with van der Waals surface area (Å²) >= 11 is 0. The van der Waals surface area contributed by atoms with Gasteiger partial charge in [-0.05, 0) is 38.3 Å². The molecule has 0 radical (unpaired) electrons. The summed E-state index contributed by atoms with van der Waals surface area (Å²) in [5.74, 6) is 0.758. The highest BCUT2D eigenvalue weighted by molar-refractivity contribution is 5.67. The number of nitrogens with zero attached hydrogens (tertiary/aromatic N) is 5. The Morgan fingerprint density at radius 3 is 3.04 bits per heavy atom. The molecule has 4 rings (SSSR count). The van der Waals surface area contributed by atoms with Gasteiger partial charge < -0.3 is 4.98 Å². The first-order valence-electron chi connectivity index (χ1n) is 8.86. The summed E-state index contributed by atoms with van der Waals surface area (Å²) in [5.41, 5.74) is 1.26. The summed E-state index contributed by atoms with van der Waals surface area (Å²) in [6.07, 6.45) is 2.12. The molecule has 7 nitrogen and oxygen atoms in total. The van der Waals surface area contributed by atoms with Crippen molar-refractivity contribution in [2.24, 2.45) is 5.92 Å². The Balaban J connectivity index is 1.49. The second kappa shape index (κ2) is 6.95. The number of fused-ring (bicyclic) bond motifs is 1. The van der Waals surface area contributed by atoms with E-state index in [9.17, 15) is 9.18 Å². The topological polar surface area (TPSA) is 79.7 Å². The molecule has 1 aliphatic rings. The van der Waals surface area contributed by atoms with Gasteiger partial charge in [-0.15, -0.1) is 5.10 Å². The molecule has 2 aromatic heterocycles. The number of H-pyrrole nitrogens is 1. The van der Waals surface area contributed by atoms with Gasteiger partial charge in [0, 0.05) is 25.2 Å². The maximum atomic E-state index is 13.9. The highest BCUT2D eigenvalue weighted by Gasteiger charge is 2.23. The molecule has 1 aliphatic heterocycles. The lowest BCUT2D eigenvalue weighted by Gasteiger charge is -2.32. The number of rotatable bonds is 4. The Labute approximate surface area is 149 Å². The summed E-state index contributed by atoms with van der Waals surface area (Å²) in [6, 6.07) is 6.92. The fourth-order valence-corrected chi connectivity index (χ4v) is 3.65. The number of aromatic amines is 1. The lowest BCUT2D eigenvalue weighted by molar-refractivity contribution is 0.152. The first kappa shape index (κ1) is 16.8. The van der Waals surface area contributed by atoms with E-state index in [4.69, 9.17) is 0 Å². The van der Waals surface area contributed by atoms with Crippen LogP contribution in [-0.4, -0.2) is 43.0 Å². The third-order valence-electron chi connectivity index (χ3n) is 4.88. The van der Waals surface area contributed by atoms with Gasteiger partial charge in [-0.3, -0.25) is 9.69 Å². The number of benzene rings is 1. The Bertz CT molecular complexity index is 981. The highest BCUT2D eigenvalue weighted by atomic mass is 19.1. The van der Waals surface area contributed by atoms with Gasteiger partial charge in [0.15, 0.2) is 11.2 Å². The molecule has 3 heterocycles. The fourth-order valence-electron chi connectivity index (χ4n) is 3.65. The van der Waals surface area contributed by atoms with Crippen LogP contribution in [0.5, 0.6) is 0 Å². The van der Waals surface area contributed by atoms with Crippen LogP contribution in [0.25, 0.3) is 11.2 Å². The second-order valence-corrected chi connectivity index (χ2v) is 6.93. The Hall–Kier alpha value is -2.61. The number of aromatic nitrogens is 5. The number of likely N-dealkylation sites (tertiary alicyclic amines) is 1. The largest absolute Gasteiger partial charge is 0.309 e. The minimum atomic E-state index is -0.261. The first-order valence-corrected chi connectivity index (χ1v) is 8.86. The Kier molecular flexibility index (Phi) is 4.50. The van der Waals surface area contributed by atoms with Crippen LogP contribution in [0.4, 0.5) is 4.39 Å². The second-order valence-electron chi connectivity index (χ2n) is 6.93. The van der Waals surface area contributed by atoms with Crippen LogP contribution in [0.1, 0.15) is 24.2 Å². The number of aryl methyl sites for hydroxylation is 1. The predicted molar refractivity (Wildman–Crippen MR) is 95.1 cm³/mol. The summed E-state index contributed by atoms with van der Waals surface area (Å²) < 4.78 is 15.6. The summed E-state index contributed by atoms with van der Waals surface area (Å²) in [5, 5.41) is 8.09. The van der Waals surface area contributed by atoms with Gasteiger partial charge in [0.05, 0.1) is 0 Å². The van der Waals surface area contributed by atoms with E-state index in [1.165, 1.54) is 6.07 Å². The number of nitrogens with one attached hydrogen (secondary N) is 1. The van der Waals surface area contributed by atoms with E-state index in [-0.39, 0.29) is 16.9 Å². The molecule has 8 heteroatoms. The van der Waals surface area contributed by atoms with E-state index in [0.29, 0.717) is 30.5 Å². The van der Waals surface area contributed by atoms with Crippen LogP contribution in [0.2, 0.25) is 0 Å². The maximum Gasteiger partial charge on any atom is 0.281 e. The van der Waals surface area contributed by atoms with Crippen LogP contribution in [-0.2, 0) is 13.1 Å². The zero-order valence-electron chi connectivity index (χ0n) is 14.7. The maximum absolute atomic E-state index is 13.9. The quantitative estimate of drug-likeness (QED) is 0.772. The van der Waals surface area contributed by atoms with Crippen molar-refractivity contribution in [1.82, 2.24) is 29.9 Å². The summed E-state index contributed by atoms with van der Waals surface area (Å²) in [7, 11) is 0. The lowest BCUT2D eigenvalue weighted by Crippen LogP contribution is -2.37. The molecule has 1 fully saturated rings. The Morgan fingerprint density at radius 2 is 2.19 bits per heavy atom. The normalized spacial score (nSPS) is 18.5. The molecule has 0 bridgehead atoms. The van der Waals surface area contributed by atoms with Gasteiger partial charge in [-0.1, -0.05) is 23.4 Å². The minimum absolute atomic E-state index is 0.157. The molecule has 1 aromatic carbocycles. The Morgan fingerprint density at radius 1 is 1.35 bits per heavy atom. The van der Waals surface area contributed by atoms with Crippen LogP contribution in [0, 0.1) is 18.7 Å². The van der Waals surface area contributed by atoms with Crippen molar-refractivity contribution < 1.29 is 4.39 Å². The third kappa shape index (κ3) is 3.37. The molecule has 0 unspecified atom stereocenters. The van der Waals surface area contributed by atoms with E-state index < -0.39 is 0 Å². The number of halogens is 1. The molecule has 1 saturated heterocycles. The number of hydrogen-bond donors (Lipinski definition) is 1. The summed E-state index contributed by atoms with van der Waals surface area (Å²) in [6.45, 7) is 4.82. The molecule has 136 valence electrons. The van der Waals surface area contributed by atoms with Crippen molar-refractivity contribution in [2.45, 2.75) is 32.9 Å². The molecule has 1 N–H and O–H groups in total. The van der Waals surface area contributed by atoms with Crippen LogP contribution in [0.15, 0.2) is 29.1 Å². The SMILES string of the molecule is Cc1nc2c(nnn2C[C@@H]2CCCN(Cc3ccccc3F)C2)c(=O)[nH]1. The van der Waals surface area contributed by atoms with Crippen molar-refractivity contribution in [3.8, 4) is 0 Å². The van der Waals surface area contributed by atoms with E-state index in [0.717, 1.165) is 31.5 Å². The lowest BCUT2D eigenvalue weighted by atomic mass is 9.97. The monoisotopic (exact) mass is 356 g/mol. The number of hydrogen-bond acceptors (Lipinski definition) is 5. The van der Waals surface area contributed by atoms with Crippen LogP contribution < -0.4 is 5.56 Å². The standard InChI is InChI=1S/C18H21FN6O/c1-12-20-17-16(18(26)21-12)22-23-25(17)10-13-5-4-8-24(9-13)11-14-6-2-3-7-15(14)19/h2-3,6-7,13H,4-5,8-11H2,1H3,(H,20,21,26)/t13-/m1/s1. The van der Waals surface area contributed by atoms with Gasteiger partial charge in [0.25, 0.3) is 5.56 Å².